The number of hydrogen-bond acceptors (Lipinski definition) is 2. The summed E-state index contributed by atoms with van der Waals surface area (Å²) in [5.74, 6) is 0.623. The average Bonchev–Trinajstić information content (AvgIpc) is 2.04. The van der Waals surface area contributed by atoms with E-state index < -0.39 is 0 Å². The van der Waals surface area contributed by atoms with E-state index in [1.165, 1.54) is 0 Å². The molecule has 0 aliphatic carbocycles. The van der Waals surface area contributed by atoms with Crippen molar-refractivity contribution in [2.75, 3.05) is 32.8 Å². The van der Waals surface area contributed by atoms with Gasteiger partial charge in [-0.3, -0.25) is 0 Å². The fourth-order valence-corrected chi connectivity index (χ4v) is 0.848. The molecular weight excluding hydrogens is 239 g/mol. The van der Waals surface area contributed by atoms with Crippen LogP contribution in [-0.2, 0) is 37.4 Å². The van der Waals surface area contributed by atoms with Gasteiger partial charge in [0.1, 0.15) is 0 Å². The zero-order valence-electron chi connectivity index (χ0n) is 8.96. The Bertz CT molecular complexity index is 94.9. The number of ether oxygens (including phenoxy) is 1. The van der Waals surface area contributed by atoms with Crippen molar-refractivity contribution < 1.29 is 37.4 Å². The Morgan fingerprint density at radius 2 is 1.77 bits per heavy atom. The molecule has 2 nitrogen and oxygen atoms in total. The van der Waals surface area contributed by atoms with Gasteiger partial charge in [-0.25, -0.2) is 0 Å². The molecule has 0 bridgehead atoms. The van der Waals surface area contributed by atoms with Crippen LogP contribution in [0.25, 0.3) is 0 Å². The van der Waals surface area contributed by atoms with Gasteiger partial charge < -0.3 is 23.5 Å². The third-order valence-electron chi connectivity index (χ3n) is 1.64. The molecule has 0 aromatic heterocycles. The van der Waals surface area contributed by atoms with Crippen LogP contribution in [0.2, 0.25) is 0 Å². The first-order valence-corrected chi connectivity index (χ1v) is 4.59. The van der Waals surface area contributed by atoms with E-state index in [1.54, 1.807) is 0 Å². The van der Waals surface area contributed by atoms with Gasteiger partial charge in [-0.15, -0.1) is 13.1 Å². The summed E-state index contributed by atoms with van der Waals surface area (Å²) in [6.45, 7) is 16.1. The number of hydrogen-bond donors (Lipinski definition) is 0. The predicted molar refractivity (Wildman–Crippen MR) is 52.8 cm³/mol. The van der Waals surface area contributed by atoms with E-state index in [4.69, 9.17) is 4.74 Å². The topological polar surface area (TPSA) is 12.5 Å². The molecular formula is C10H21NOY-2. The van der Waals surface area contributed by atoms with Crippen LogP contribution < -0.4 is 0 Å². The first-order valence-electron chi connectivity index (χ1n) is 4.59. The maximum atomic E-state index is 5.43. The Morgan fingerprint density at radius 3 is 2.15 bits per heavy atom. The smallest absolute Gasteiger partial charge is 0.0591 e. The zero-order chi connectivity index (χ0) is 9.40. The Kier molecular flexibility index (Phi) is 14.0. The maximum Gasteiger partial charge on any atom is 0.0591 e. The molecule has 13 heavy (non-hydrogen) atoms. The molecule has 77 valence electrons. The van der Waals surface area contributed by atoms with E-state index in [1.807, 2.05) is 0 Å². The van der Waals surface area contributed by atoms with Gasteiger partial charge in [0, 0.05) is 45.9 Å². The summed E-state index contributed by atoms with van der Waals surface area (Å²) in [6.07, 6.45) is 0. The fourth-order valence-electron chi connectivity index (χ4n) is 0.848. The largest absolute Gasteiger partial charge is 0.380 e. The average molecular weight is 260 g/mol. The van der Waals surface area contributed by atoms with Crippen LogP contribution in [0.15, 0.2) is 0 Å². The second-order valence-electron chi connectivity index (χ2n) is 3.31. The fraction of sp³-hybridized carbons (Fsp3) is 0.800. The molecule has 1 radical (unpaired) electrons. The molecule has 0 saturated carbocycles. The molecule has 0 aliphatic rings. The quantitative estimate of drug-likeness (QED) is 0.509. The molecule has 0 saturated heterocycles. The summed E-state index contributed by atoms with van der Waals surface area (Å²) in [4.78, 5) is 2.15. The van der Waals surface area contributed by atoms with E-state index in [-0.39, 0.29) is 32.7 Å². The minimum atomic E-state index is 0. The monoisotopic (exact) mass is 260 g/mol. The SMILES string of the molecule is [CH2-]CN(C[CH2-])CCOCC(C)C.[Y]. The van der Waals surface area contributed by atoms with Gasteiger partial charge in [-0.2, -0.15) is 0 Å². The van der Waals surface area contributed by atoms with Crippen LogP contribution in [0.4, 0.5) is 0 Å². The van der Waals surface area contributed by atoms with Crippen molar-refractivity contribution in [3.63, 3.8) is 0 Å². The second-order valence-corrected chi connectivity index (χ2v) is 3.31. The van der Waals surface area contributed by atoms with Crippen molar-refractivity contribution in [1.29, 1.82) is 0 Å². The van der Waals surface area contributed by atoms with E-state index in [9.17, 15) is 0 Å². The van der Waals surface area contributed by atoms with Crippen molar-refractivity contribution in [2.24, 2.45) is 5.92 Å². The van der Waals surface area contributed by atoms with Crippen molar-refractivity contribution in [3.05, 3.63) is 13.8 Å². The standard InChI is InChI=1S/C10H21NO.Y/c1-5-11(6-2)7-8-12-9-10(3)4;/h10H,1-2,5-9H2,3-4H3;/q-2;. The molecule has 3 heteroatoms. The van der Waals surface area contributed by atoms with Crippen LogP contribution in [0.1, 0.15) is 13.8 Å². The number of nitrogens with zero attached hydrogens (tertiary/aromatic N) is 1. The van der Waals surface area contributed by atoms with Gasteiger partial charge in [-0.1, -0.05) is 13.8 Å². The minimum Gasteiger partial charge on any atom is -0.380 e. The second kappa shape index (κ2) is 11.1. The van der Waals surface area contributed by atoms with Crippen molar-refractivity contribution in [3.8, 4) is 0 Å². The van der Waals surface area contributed by atoms with Gasteiger partial charge in [-0.05, 0) is 5.92 Å². The van der Waals surface area contributed by atoms with Gasteiger partial charge in [0.15, 0.2) is 0 Å². The summed E-state index contributed by atoms with van der Waals surface area (Å²) >= 11 is 0. The molecule has 0 spiro atoms. The van der Waals surface area contributed by atoms with E-state index in [0.717, 1.165) is 32.8 Å². The van der Waals surface area contributed by atoms with Crippen LogP contribution in [-0.4, -0.2) is 37.7 Å². The Hall–Kier alpha value is 1.02. The molecule has 0 aromatic rings. The zero-order valence-corrected chi connectivity index (χ0v) is 11.8. The van der Waals surface area contributed by atoms with Gasteiger partial charge in [0.2, 0.25) is 0 Å². The van der Waals surface area contributed by atoms with Gasteiger partial charge in [0.25, 0.3) is 0 Å². The molecule has 0 N–H and O–H groups in total. The normalized spacial score (nSPS) is 10.6. The summed E-state index contributed by atoms with van der Waals surface area (Å²) in [7, 11) is 0. The van der Waals surface area contributed by atoms with E-state index in [0.29, 0.717) is 5.92 Å². The maximum absolute atomic E-state index is 5.43. The third kappa shape index (κ3) is 10.9. The molecule has 0 aliphatic heterocycles. The van der Waals surface area contributed by atoms with Crippen LogP contribution in [0.3, 0.4) is 0 Å². The summed E-state index contributed by atoms with van der Waals surface area (Å²) in [5.41, 5.74) is 0. The van der Waals surface area contributed by atoms with Gasteiger partial charge >= 0.3 is 0 Å². The summed E-state index contributed by atoms with van der Waals surface area (Å²) in [6, 6.07) is 0. The summed E-state index contributed by atoms with van der Waals surface area (Å²) < 4.78 is 5.43. The van der Waals surface area contributed by atoms with E-state index in [2.05, 4.69) is 32.6 Å². The molecule has 0 heterocycles. The third-order valence-corrected chi connectivity index (χ3v) is 1.64. The van der Waals surface area contributed by atoms with E-state index >= 15 is 0 Å². The molecule has 0 fully saturated rings. The molecule has 0 aromatic carbocycles. The molecule has 0 rings (SSSR count). The molecule has 0 unspecified atom stereocenters. The van der Waals surface area contributed by atoms with Crippen LogP contribution in [0, 0.1) is 19.8 Å². The van der Waals surface area contributed by atoms with Gasteiger partial charge in [0.05, 0.1) is 6.61 Å². The number of rotatable bonds is 7. The first kappa shape index (κ1) is 16.5. The van der Waals surface area contributed by atoms with Crippen molar-refractivity contribution >= 4 is 0 Å². The summed E-state index contributed by atoms with van der Waals surface area (Å²) in [5, 5.41) is 0. The predicted octanol–water partition coefficient (Wildman–Crippen LogP) is 1.63. The van der Waals surface area contributed by atoms with Crippen LogP contribution in [0.5, 0.6) is 0 Å². The van der Waals surface area contributed by atoms with Crippen LogP contribution >= 0.6 is 0 Å². The first-order chi connectivity index (χ1) is 5.70. The molecule has 0 atom stereocenters. The Balaban J connectivity index is 0. The van der Waals surface area contributed by atoms with Crippen molar-refractivity contribution in [1.82, 2.24) is 4.90 Å². The molecule has 0 amide bonds. The Morgan fingerprint density at radius 1 is 1.23 bits per heavy atom. The van der Waals surface area contributed by atoms with Crippen molar-refractivity contribution in [2.45, 2.75) is 13.8 Å². The minimum absolute atomic E-state index is 0. The Labute approximate surface area is 108 Å².